The van der Waals surface area contributed by atoms with Crippen LogP contribution in [0.5, 0.6) is 5.75 Å². The van der Waals surface area contributed by atoms with Crippen LogP contribution in [0, 0.1) is 0 Å². The average Bonchev–Trinajstić information content (AvgIpc) is 2.53. The molecule has 0 aromatic heterocycles. The minimum absolute atomic E-state index is 0.139. The molecule has 0 fully saturated rings. The van der Waals surface area contributed by atoms with Crippen molar-refractivity contribution in [3.05, 3.63) is 65.2 Å². The van der Waals surface area contributed by atoms with Crippen LogP contribution in [-0.2, 0) is 26.1 Å². The van der Waals surface area contributed by atoms with Gasteiger partial charge in [0.25, 0.3) is 0 Å². The maximum atomic E-state index is 13.7. The third kappa shape index (κ3) is 5.70. The third-order valence-corrected chi connectivity index (χ3v) is 6.27. The summed E-state index contributed by atoms with van der Waals surface area (Å²) in [4.78, 5) is 0. The Morgan fingerprint density at radius 1 is 0.815 bits per heavy atom. The fraction of sp³-hybridized carbons (Fsp3) is 0.478. The molecule has 0 aliphatic heterocycles. The predicted octanol–water partition coefficient (Wildman–Crippen LogP) is 7.09. The van der Waals surface area contributed by atoms with E-state index in [0.717, 1.165) is 16.7 Å². The molecule has 3 nitrogen and oxygen atoms in total. The van der Waals surface area contributed by atoms with Gasteiger partial charge >= 0.3 is 7.60 Å². The van der Waals surface area contributed by atoms with E-state index in [2.05, 4.69) is 59.7 Å². The topological polar surface area (TPSA) is 35.5 Å². The molecule has 0 amide bonds. The highest BCUT2D eigenvalue weighted by Gasteiger charge is 2.33. The van der Waals surface area contributed by atoms with Crippen LogP contribution in [-0.4, -0.2) is 6.61 Å². The summed E-state index contributed by atoms with van der Waals surface area (Å²) in [7, 11) is -3.36. The summed E-state index contributed by atoms with van der Waals surface area (Å²) in [5.74, 6) is 0.699. The minimum atomic E-state index is -3.36. The molecule has 0 aliphatic carbocycles. The first kappa shape index (κ1) is 21.7. The first-order chi connectivity index (χ1) is 12.5. The molecule has 4 heteroatoms. The average molecular weight is 388 g/mol. The van der Waals surface area contributed by atoms with Gasteiger partial charge in [-0.25, -0.2) is 4.57 Å². The fourth-order valence-electron chi connectivity index (χ4n) is 3.06. The van der Waals surface area contributed by atoms with E-state index in [1.54, 1.807) is 0 Å². The third-order valence-electron chi connectivity index (χ3n) is 4.41. The van der Waals surface area contributed by atoms with Gasteiger partial charge in [-0.15, -0.1) is 0 Å². The second-order valence-corrected chi connectivity index (χ2v) is 10.9. The van der Waals surface area contributed by atoms with Crippen LogP contribution in [0.1, 0.15) is 65.2 Å². The molecule has 2 aromatic rings. The Morgan fingerprint density at radius 2 is 1.33 bits per heavy atom. The second kappa shape index (κ2) is 8.20. The molecule has 0 saturated carbocycles. The second-order valence-electron chi connectivity index (χ2n) is 8.95. The standard InChI is InChI=1S/C23H33O3P/c1-8-25-27(24,17-18-13-10-9-11-14-18)26-21-19(22(2,3)4)15-12-16-20(21)23(5,6)7/h9-16H,8,17H2,1-7H3. The van der Waals surface area contributed by atoms with Crippen molar-refractivity contribution in [2.75, 3.05) is 6.61 Å². The first-order valence-electron chi connectivity index (χ1n) is 9.57. The highest BCUT2D eigenvalue weighted by molar-refractivity contribution is 7.53. The summed E-state index contributed by atoms with van der Waals surface area (Å²) >= 11 is 0. The number of hydrogen-bond acceptors (Lipinski definition) is 3. The Balaban J connectivity index is 2.55. The van der Waals surface area contributed by atoms with Crippen molar-refractivity contribution in [1.29, 1.82) is 0 Å². The molecule has 0 aliphatic rings. The van der Waals surface area contributed by atoms with Crippen LogP contribution in [0.25, 0.3) is 0 Å². The molecule has 0 N–H and O–H groups in total. The van der Waals surface area contributed by atoms with Crippen LogP contribution in [0.15, 0.2) is 48.5 Å². The normalized spacial score (nSPS) is 14.6. The number of para-hydroxylation sites is 1. The fourth-order valence-corrected chi connectivity index (χ4v) is 4.80. The van der Waals surface area contributed by atoms with Crippen molar-refractivity contribution in [3.8, 4) is 5.75 Å². The first-order valence-corrected chi connectivity index (χ1v) is 11.3. The van der Waals surface area contributed by atoms with E-state index in [-0.39, 0.29) is 17.0 Å². The van der Waals surface area contributed by atoms with Crippen molar-refractivity contribution in [2.24, 2.45) is 0 Å². The number of rotatable bonds is 6. The van der Waals surface area contributed by atoms with Gasteiger partial charge in [-0.05, 0) is 23.3 Å². The summed E-state index contributed by atoms with van der Waals surface area (Å²) in [5.41, 5.74) is 2.76. The van der Waals surface area contributed by atoms with E-state index >= 15 is 0 Å². The number of benzene rings is 2. The lowest BCUT2D eigenvalue weighted by molar-refractivity contribution is 0.275. The minimum Gasteiger partial charge on any atom is -0.424 e. The molecule has 0 bridgehead atoms. The lowest BCUT2D eigenvalue weighted by Gasteiger charge is -2.31. The summed E-state index contributed by atoms with van der Waals surface area (Å²) in [6.45, 7) is 15.0. The molecule has 0 spiro atoms. The van der Waals surface area contributed by atoms with Gasteiger partial charge in [0, 0.05) is 11.1 Å². The van der Waals surface area contributed by atoms with Gasteiger partial charge in [-0.1, -0.05) is 90.1 Å². The Kier molecular flexibility index (Phi) is 6.60. The van der Waals surface area contributed by atoms with Gasteiger partial charge in [0.2, 0.25) is 0 Å². The molecule has 0 saturated heterocycles. The van der Waals surface area contributed by atoms with E-state index in [0.29, 0.717) is 12.4 Å². The zero-order valence-corrected chi connectivity index (χ0v) is 18.6. The van der Waals surface area contributed by atoms with Gasteiger partial charge < -0.3 is 4.52 Å². The van der Waals surface area contributed by atoms with E-state index in [1.807, 2.05) is 37.3 Å². The molecule has 0 radical (unpaired) electrons. The Labute approximate surface area is 164 Å². The summed E-state index contributed by atoms with van der Waals surface area (Å²) in [6, 6.07) is 15.9. The lowest BCUT2D eigenvalue weighted by Crippen LogP contribution is -2.19. The maximum Gasteiger partial charge on any atom is 0.383 e. The highest BCUT2D eigenvalue weighted by Crippen LogP contribution is 2.54. The van der Waals surface area contributed by atoms with Crippen LogP contribution >= 0.6 is 7.60 Å². The summed E-state index contributed by atoms with van der Waals surface area (Å²) in [6.07, 6.45) is 0.254. The van der Waals surface area contributed by atoms with Gasteiger partial charge in [-0.2, -0.15) is 0 Å². The van der Waals surface area contributed by atoms with E-state index in [4.69, 9.17) is 9.05 Å². The van der Waals surface area contributed by atoms with Gasteiger partial charge in [0.1, 0.15) is 5.75 Å². The monoisotopic (exact) mass is 388 g/mol. The van der Waals surface area contributed by atoms with Gasteiger partial charge in [0.15, 0.2) is 0 Å². The molecular formula is C23H33O3P. The van der Waals surface area contributed by atoms with Crippen molar-refractivity contribution < 1.29 is 13.6 Å². The van der Waals surface area contributed by atoms with Crippen molar-refractivity contribution >= 4 is 7.60 Å². The van der Waals surface area contributed by atoms with Crippen LogP contribution in [0.4, 0.5) is 0 Å². The molecular weight excluding hydrogens is 355 g/mol. The van der Waals surface area contributed by atoms with Crippen molar-refractivity contribution in [2.45, 2.75) is 65.5 Å². The quantitative estimate of drug-likeness (QED) is 0.496. The molecule has 2 aromatic carbocycles. The van der Waals surface area contributed by atoms with Crippen molar-refractivity contribution in [3.63, 3.8) is 0 Å². The molecule has 148 valence electrons. The van der Waals surface area contributed by atoms with Gasteiger partial charge in [0.05, 0.1) is 12.8 Å². The summed E-state index contributed by atoms with van der Waals surface area (Å²) < 4.78 is 25.7. The van der Waals surface area contributed by atoms with E-state index < -0.39 is 7.60 Å². The molecule has 1 unspecified atom stereocenters. The Bertz CT molecular complexity index is 766. The molecule has 0 heterocycles. The summed E-state index contributed by atoms with van der Waals surface area (Å²) in [5, 5.41) is 0. The smallest absolute Gasteiger partial charge is 0.383 e. The Hall–Kier alpha value is -1.57. The molecule has 1 atom stereocenters. The van der Waals surface area contributed by atoms with Crippen LogP contribution in [0.2, 0.25) is 0 Å². The molecule has 2 rings (SSSR count). The lowest BCUT2D eigenvalue weighted by atomic mass is 9.80. The molecule has 27 heavy (non-hydrogen) atoms. The predicted molar refractivity (Wildman–Crippen MR) is 114 cm³/mol. The van der Waals surface area contributed by atoms with Crippen molar-refractivity contribution in [1.82, 2.24) is 0 Å². The van der Waals surface area contributed by atoms with E-state index in [1.165, 1.54) is 0 Å². The van der Waals surface area contributed by atoms with Crippen LogP contribution in [0.3, 0.4) is 0 Å². The SMILES string of the molecule is CCOP(=O)(Cc1ccccc1)Oc1c(C(C)(C)C)cccc1C(C)(C)C. The highest BCUT2D eigenvalue weighted by atomic mass is 31.2. The maximum absolute atomic E-state index is 13.7. The zero-order valence-electron chi connectivity index (χ0n) is 17.7. The Morgan fingerprint density at radius 3 is 1.78 bits per heavy atom. The zero-order chi connectivity index (χ0) is 20.3. The van der Waals surface area contributed by atoms with E-state index in [9.17, 15) is 4.57 Å². The largest absolute Gasteiger partial charge is 0.424 e. The van der Waals surface area contributed by atoms with Crippen LogP contribution < -0.4 is 4.52 Å². The number of hydrogen-bond donors (Lipinski definition) is 0. The van der Waals surface area contributed by atoms with Gasteiger partial charge in [-0.3, -0.25) is 4.52 Å².